The van der Waals surface area contributed by atoms with Crippen molar-refractivity contribution in [3.8, 4) is 16.9 Å². The van der Waals surface area contributed by atoms with Crippen molar-refractivity contribution in [1.29, 1.82) is 0 Å². The standard InChI is InChI=1S/C39H48O8/c1-4-6-7-15-26-43-27-16-10-8-9-11-17-28-45-34-23-20-32(21-24-34)38(41)46-47-39(42)33-22-25-35(31-18-13-12-14-19-31)36(29-33)30(3)37(40)44-5-2/h4,12-14,18-25,29-30H,1,5-11,15-17,26-28H2,2-3H3. The van der Waals surface area contributed by atoms with Crippen LogP contribution >= 0.6 is 0 Å². The SMILES string of the molecule is C=CCCCCOCCCCCCCCOc1ccc(C(=O)OOC(=O)c2ccc(-c3ccccc3)c(C(C)C(=O)OCC)c2)cc1. The maximum Gasteiger partial charge on any atom is 0.386 e. The summed E-state index contributed by atoms with van der Waals surface area (Å²) in [5, 5.41) is 0. The zero-order valence-electron chi connectivity index (χ0n) is 27.7. The molecular formula is C39H48O8. The number of hydrogen-bond donors (Lipinski definition) is 0. The highest BCUT2D eigenvalue weighted by atomic mass is 17.2. The van der Waals surface area contributed by atoms with E-state index in [2.05, 4.69) is 6.58 Å². The van der Waals surface area contributed by atoms with Crippen molar-refractivity contribution in [2.24, 2.45) is 0 Å². The Morgan fingerprint density at radius 1 is 0.723 bits per heavy atom. The number of carbonyl (C=O) groups excluding carboxylic acids is 3. The fraction of sp³-hybridized carbons (Fsp3) is 0.410. The maximum absolute atomic E-state index is 12.8. The molecule has 0 aliphatic heterocycles. The lowest BCUT2D eigenvalue weighted by molar-refractivity contribution is -0.187. The molecule has 0 amide bonds. The fourth-order valence-electron chi connectivity index (χ4n) is 4.98. The van der Waals surface area contributed by atoms with Crippen LogP contribution in [0.5, 0.6) is 5.75 Å². The second kappa shape index (κ2) is 21.4. The average Bonchev–Trinajstić information content (AvgIpc) is 3.10. The first-order valence-corrected chi connectivity index (χ1v) is 16.6. The van der Waals surface area contributed by atoms with Crippen LogP contribution in [0.25, 0.3) is 11.1 Å². The van der Waals surface area contributed by atoms with Gasteiger partial charge in [0.05, 0.1) is 30.3 Å². The van der Waals surface area contributed by atoms with Crippen LogP contribution in [0.3, 0.4) is 0 Å². The van der Waals surface area contributed by atoms with Gasteiger partial charge in [-0.25, -0.2) is 19.4 Å². The molecule has 8 heteroatoms. The van der Waals surface area contributed by atoms with E-state index in [0.29, 0.717) is 17.9 Å². The quantitative estimate of drug-likeness (QED) is 0.0373. The fourth-order valence-corrected chi connectivity index (χ4v) is 4.98. The van der Waals surface area contributed by atoms with Crippen LogP contribution < -0.4 is 4.74 Å². The molecule has 0 radical (unpaired) electrons. The molecule has 252 valence electrons. The molecule has 1 atom stereocenters. The van der Waals surface area contributed by atoms with Gasteiger partial charge in [0, 0.05) is 13.2 Å². The molecular weight excluding hydrogens is 596 g/mol. The van der Waals surface area contributed by atoms with Gasteiger partial charge >= 0.3 is 17.9 Å². The number of hydrogen-bond acceptors (Lipinski definition) is 8. The van der Waals surface area contributed by atoms with Crippen LogP contribution in [0.1, 0.15) is 104 Å². The third-order valence-electron chi connectivity index (χ3n) is 7.66. The van der Waals surface area contributed by atoms with Crippen molar-refractivity contribution in [3.63, 3.8) is 0 Å². The maximum atomic E-state index is 12.8. The Bertz CT molecular complexity index is 1380. The molecule has 0 aliphatic carbocycles. The second-order valence-corrected chi connectivity index (χ2v) is 11.3. The van der Waals surface area contributed by atoms with E-state index in [1.807, 2.05) is 36.4 Å². The normalized spacial score (nSPS) is 11.4. The van der Waals surface area contributed by atoms with Crippen molar-refractivity contribution in [1.82, 2.24) is 0 Å². The molecule has 0 aliphatic rings. The topological polar surface area (TPSA) is 97.4 Å². The highest BCUT2D eigenvalue weighted by Crippen LogP contribution is 2.31. The van der Waals surface area contributed by atoms with E-state index < -0.39 is 23.8 Å². The molecule has 0 heterocycles. The summed E-state index contributed by atoms with van der Waals surface area (Å²) in [5.74, 6) is -2.08. The molecule has 0 saturated carbocycles. The number of ether oxygens (including phenoxy) is 3. The summed E-state index contributed by atoms with van der Waals surface area (Å²) in [4.78, 5) is 47.6. The molecule has 8 nitrogen and oxygen atoms in total. The van der Waals surface area contributed by atoms with Crippen molar-refractivity contribution in [2.45, 2.75) is 77.6 Å². The summed E-state index contributed by atoms with van der Waals surface area (Å²) in [6.45, 7) is 9.70. The molecule has 47 heavy (non-hydrogen) atoms. The molecule has 0 aromatic heterocycles. The Kier molecular flexibility index (Phi) is 16.8. The van der Waals surface area contributed by atoms with Gasteiger partial charge < -0.3 is 14.2 Å². The smallest absolute Gasteiger partial charge is 0.386 e. The minimum Gasteiger partial charge on any atom is -0.494 e. The van der Waals surface area contributed by atoms with Crippen molar-refractivity contribution in [3.05, 3.63) is 102 Å². The zero-order valence-corrected chi connectivity index (χ0v) is 27.7. The number of esters is 1. The summed E-state index contributed by atoms with van der Waals surface area (Å²) in [5.41, 5.74) is 2.60. The van der Waals surface area contributed by atoms with Gasteiger partial charge in [0.15, 0.2) is 0 Å². The van der Waals surface area contributed by atoms with Gasteiger partial charge in [0.1, 0.15) is 5.75 Å². The third kappa shape index (κ3) is 13.1. The minimum atomic E-state index is -0.863. The van der Waals surface area contributed by atoms with Crippen LogP contribution in [-0.2, 0) is 24.0 Å². The van der Waals surface area contributed by atoms with Gasteiger partial charge in [-0.05, 0) is 99.0 Å². The van der Waals surface area contributed by atoms with E-state index in [1.165, 1.54) is 12.8 Å². The Balaban J connectivity index is 1.39. The monoisotopic (exact) mass is 644 g/mol. The minimum absolute atomic E-state index is 0.131. The first kappa shape index (κ1) is 37.0. The zero-order chi connectivity index (χ0) is 33.7. The van der Waals surface area contributed by atoms with Crippen molar-refractivity contribution < 1.29 is 38.4 Å². The molecule has 0 bridgehead atoms. The van der Waals surface area contributed by atoms with Crippen LogP contribution in [0, 0.1) is 0 Å². The lowest BCUT2D eigenvalue weighted by Crippen LogP contribution is -2.16. The Morgan fingerprint density at radius 2 is 1.32 bits per heavy atom. The Morgan fingerprint density at radius 3 is 1.98 bits per heavy atom. The molecule has 0 fully saturated rings. The average molecular weight is 645 g/mol. The molecule has 0 spiro atoms. The number of benzene rings is 3. The summed E-state index contributed by atoms with van der Waals surface area (Å²) >= 11 is 0. The van der Waals surface area contributed by atoms with E-state index in [9.17, 15) is 14.4 Å². The third-order valence-corrected chi connectivity index (χ3v) is 7.66. The molecule has 1 unspecified atom stereocenters. The van der Waals surface area contributed by atoms with Crippen LogP contribution in [0.4, 0.5) is 0 Å². The Labute approximate surface area is 279 Å². The van der Waals surface area contributed by atoms with Gasteiger partial charge in [0.2, 0.25) is 0 Å². The number of carbonyl (C=O) groups is 3. The van der Waals surface area contributed by atoms with Gasteiger partial charge in [-0.3, -0.25) is 4.79 Å². The summed E-state index contributed by atoms with van der Waals surface area (Å²) in [6.07, 6.45) is 11.9. The summed E-state index contributed by atoms with van der Waals surface area (Å²) < 4.78 is 16.7. The van der Waals surface area contributed by atoms with Gasteiger partial charge in [-0.2, -0.15) is 0 Å². The van der Waals surface area contributed by atoms with Crippen molar-refractivity contribution in [2.75, 3.05) is 26.4 Å². The van der Waals surface area contributed by atoms with E-state index in [1.54, 1.807) is 56.3 Å². The van der Waals surface area contributed by atoms with Crippen LogP contribution in [0.2, 0.25) is 0 Å². The number of unbranched alkanes of at least 4 members (excludes halogenated alkanes) is 7. The van der Waals surface area contributed by atoms with Gasteiger partial charge in [-0.15, -0.1) is 6.58 Å². The van der Waals surface area contributed by atoms with Crippen molar-refractivity contribution >= 4 is 17.9 Å². The molecule has 3 aromatic carbocycles. The van der Waals surface area contributed by atoms with E-state index >= 15 is 0 Å². The molecule has 0 saturated heterocycles. The summed E-state index contributed by atoms with van der Waals surface area (Å²) in [7, 11) is 0. The van der Waals surface area contributed by atoms with Gasteiger partial charge in [0.25, 0.3) is 0 Å². The van der Waals surface area contributed by atoms with E-state index in [-0.39, 0.29) is 17.7 Å². The second-order valence-electron chi connectivity index (χ2n) is 11.3. The first-order valence-electron chi connectivity index (χ1n) is 16.6. The lowest BCUT2D eigenvalue weighted by atomic mass is 9.90. The highest BCUT2D eigenvalue weighted by molar-refractivity contribution is 5.94. The first-order chi connectivity index (χ1) is 22.9. The van der Waals surface area contributed by atoms with Crippen LogP contribution in [-0.4, -0.2) is 44.3 Å². The molecule has 0 N–H and O–H groups in total. The molecule has 3 aromatic rings. The number of rotatable bonds is 21. The van der Waals surface area contributed by atoms with E-state index in [0.717, 1.165) is 69.3 Å². The highest BCUT2D eigenvalue weighted by Gasteiger charge is 2.23. The predicted molar refractivity (Wildman–Crippen MR) is 182 cm³/mol. The lowest BCUT2D eigenvalue weighted by Gasteiger charge is -2.17. The predicted octanol–water partition coefficient (Wildman–Crippen LogP) is 9.04. The van der Waals surface area contributed by atoms with E-state index in [4.69, 9.17) is 24.0 Å². The van der Waals surface area contributed by atoms with Crippen LogP contribution in [0.15, 0.2) is 85.5 Å². The number of allylic oxidation sites excluding steroid dienone is 1. The summed E-state index contributed by atoms with van der Waals surface area (Å²) in [6, 6.07) is 20.9. The Hall–Kier alpha value is -4.43. The van der Waals surface area contributed by atoms with Gasteiger partial charge in [-0.1, -0.05) is 68.2 Å². The molecule has 3 rings (SSSR count). The largest absolute Gasteiger partial charge is 0.494 e.